The van der Waals surface area contributed by atoms with Crippen LogP contribution in [0.2, 0.25) is 0 Å². The van der Waals surface area contributed by atoms with Gasteiger partial charge in [0.05, 0.1) is 24.0 Å². The molecule has 3 fully saturated rings. The molecule has 1 aromatic rings. The predicted molar refractivity (Wildman–Crippen MR) is 70.6 cm³/mol. The van der Waals surface area contributed by atoms with Gasteiger partial charge >= 0.3 is 5.91 Å². The van der Waals surface area contributed by atoms with Crippen LogP contribution in [0.3, 0.4) is 0 Å². The summed E-state index contributed by atoms with van der Waals surface area (Å²) >= 11 is 3.09. The molecule has 0 radical (unpaired) electrons. The van der Waals surface area contributed by atoms with E-state index in [2.05, 4.69) is 21.4 Å². The minimum atomic E-state index is -0.629. The topological polar surface area (TPSA) is 88.9 Å². The van der Waals surface area contributed by atoms with E-state index in [-0.39, 0.29) is 18.0 Å². The molecule has 0 spiro atoms. The normalized spacial score (nSPS) is 33.7. The molecule has 0 aliphatic carbocycles. The van der Waals surface area contributed by atoms with Crippen molar-refractivity contribution in [2.75, 3.05) is 0 Å². The molecule has 3 aliphatic heterocycles. The first-order chi connectivity index (χ1) is 10.1. The minimum Gasteiger partial charge on any atom is -0.444 e. The van der Waals surface area contributed by atoms with Crippen LogP contribution in [-0.2, 0) is 14.3 Å². The molecule has 0 saturated carbocycles. The number of nitrogens with one attached hydrogen (secondary N) is 1. The van der Waals surface area contributed by atoms with E-state index in [1.54, 1.807) is 6.07 Å². The lowest BCUT2D eigenvalue weighted by molar-refractivity contribution is -0.145. The molecule has 4 atom stereocenters. The van der Waals surface area contributed by atoms with Gasteiger partial charge in [-0.25, -0.2) is 0 Å². The van der Waals surface area contributed by atoms with Crippen molar-refractivity contribution in [1.82, 2.24) is 10.4 Å². The van der Waals surface area contributed by atoms with Crippen molar-refractivity contribution in [2.45, 2.75) is 25.0 Å². The highest BCUT2D eigenvalue weighted by Crippen LogP contribution is 2.48. The molecular weight excluding hydrogens is 344 g/mol. The highest BCUT2D eigenvalue weighted by atomic mass is 79.9. The summed E-state index contributed by atoms with van der Waals surface area (Å²) < 4.78 is 11.1. The van der Waals surface area contributed by atoms with Crippen molar-refractivity contribution < 1.29 is 23.5 Å². The van der Waals surface area contributed by atoms with E-state index in [9.17, 15) is 14.4 Å². The van der Waals surface area contributed by atoms with Crippen LogP contribution in [0, 0.1) is 11.8 Å². The fraction of sp³-hybridized carbons (Fsp3) is 0.462. The van der Waals surface area contributed by atoms with Gasteiger partial charge in [0, 0.05) is 0 Å². The molecule has 0 aromatic carbocycles. The van der Waals surface area contributed by atoms with Gasteiger partial charge in [-0.15, -0.1) is 0 Å². The largest absolute Gasteiger partial charge is 0.444 e. The molecule has 3 aliphatic rings. The number of fused-ring (bicyclic) bond motifs is 5. The number of amides is 3. The van der Waals surface area contributed by atoms with Crippen molar-refractivity contribution in [3.8, 4) is 0 Å². The summed E-state index contributed by atoms with van der Waals surface area (Å²) in [4.78, 5) is 36.7. The molecule has 8 heteroatoms. The number of nitrogens with zero attached hydrogens (tertiary/aromatic N) is 1. The number of rotatable bonds is 2. The number of halogens is 1. The summed E-state index contributed by atoms with van der Waals surface area (Å²) in [6, 6.07) is 3.02. The van der Waals surface area contributed by atoms with Crippen LogP contribution >= 0.6 is 15.9 Å². The first-order valence-electron chi connectivity index (χ1n) is 6.66. The van der Waals surface area contributed by atoms with E-state index in [1.807, 2.05) is 0 Å². The Morgan fingerprint density at radius 2 is 1.81 bits per heavy atom. The second kappa shape index (κ2) is 4.41. The Kier molecular flexibility index (Phi) is 2.74. The standard InChI is InChI=1S/C13H11BrN2O5/c14-8-4-3-7(21-8)11(17)15-16-12(18)9-5-1-2-6(20-5)10(9)13(16)19/h3-6,9-10H,1-2H2,(H,15,17)/t5-,6-,9-,10-/m0/s1. The summed E-state index contributed by atoms with van der Waals surface area (Å²) in [5.41, 5.74) is 2.33. The lowest BCUT2D eigenvalue weighted by atomic mass is 9.81. The van der Waals surface area contributed by atoms with Crippen LogP contribution < -0.4 is 5.43 Å². The Morgan fingerprint density at radius 1 is 1.19 bits per heavy atom. The zero-order valence-corrected chi connectivity index (χ0v) is 12.3. The summed E-state index contributed by atoms with van der Waals surface area (Å²) in [6.07, 6.45) is 1.18. The van der Waals surface area contributed by atoms with Gasteiger partial charge in [0.25, 0.3) is 11.8 Å². The molecule has 21 heavy (non-hydrogen) atoms. The second-order valence-electron chi connectivity index (χ2n) is 5.40. The maximum absolute atomic E-state index is 12.3. The lowest BCUT2D eigenvalue weighted by Crippen LogP contribution is -2.47. The van der Waals surface area contributed by atoms with E-state index in [0.717, 1.165) is 17.9 Å². The van der Waals surface area contributed by atoms with Crippen molar-refractivity contribution in [3.05, 3.63) is 22.6 Å². The molecule has 3 saturated heterocycles. The maximum Gasteiger partial charge on any atom is 0.306 e. The number of hydrazine groups is 1. The highest BCUT2D eigenvalue weighted by Gasteiger charge is 2.62. The molecule has 4 rings (SSSR count). The van der Waals surface area contributed by atoms with E-state index in [0.29, 0.717) is 4.67 Å². The fourth-order valence-electron chi connectivity index (χ4n) is 3.42. The number of hydrogen-bond acceptors (Lipinski definition) is 5. The van der Waals surface area contributed by atoms with Crippen LogP contribution in [0.25, 0.3) is 0 Å². The average molecular weight is 355 g/mol. The first kappa shape index (κ1) is 13.0. The second-order valence-corrected chi connectivity index (χ2v) is 6.18. The van der Waals surface area contributed by atoms with E-state index in [1.165, 1.54) is 6.07 Å². The van der Waals surface area contributed by atoms with Crippen LogP contribution in [0.1, 0.15) is 23.4 Å². The number of hydrogen-bond donors (Lipinski definition) is 1. The Balaban J connectivity index is 1.55. The first-order valence-corrected chi connectivity index (χ1v) is 7.45. The molecular formula is C13H11BrN2O5. The van der Waals surface area contributed by atoms with Crippen molar-refractivity contribution in [2.24, 2.45) is 11.8 Å². The monoisotopic (exact) mass is 354 g/mol. The molecule has 0 unspecified atom stereocenters. The number of carbonyl (C=O) groups is 3. The zero-order valence-electron chi connectivity index (χ0n) is 10.7. The maximum atomic E-state index is 12.3. The molecule has 1 N–H and O–H groups in total. The van der Waals surface area contributed by atoms with Gasteiger partial charge in [-0.2, -0.15) is 5.01 Å². The van der Waals surface area contributed by atoms with Gasteiger partial charge in [0.2, 0.25) is 0 Å². The van der Waals surface area contributed by atoms with Crippen LogP contribution in [-0.4, -0.2) is 34.9 Å². The Morgan fingerprint density at radius 3 is 2.33 bits per heavy atom. The van der Waals surface area contributed by atoms with Gasteiger partial charge in [0.15, 0.2) is 10.4 Å². The number of carbonyl (C=O) groups excluding carboxylic acids is 3. The fourth-order valence-corrected chi connectivity index (χ4v) is 3.72. The summed E-state index contributed by atoms with van der Waals surface area (Å²) in [6.45, 7) is 0. The number of ether oxygens (including phenoxy) is 1. The third kappa shape index (κ3) is 1.78. The molecule has 4 heterocycles. The molecule has 2 bridgehead atoms. The van der Waals surface area contributed by atoms with E-state index in [4.69, 9.17) is 9.15 Å². The summed E-state index contributed by atoms with van der Waals surface area (Å²) in [5.74, 6) is -2.30. The van der Waals surface area contributed by atoms with Crippen molar-refractivity contribution in [3.63, 3.8) is 0 Å². The lowest BCUT2D eigenvalue weighted by Gasteiger charge is -2.17. The molecule has 1 aromatic heterocycles. The summed E-state index contributed by atoms with van der Waals surface area (Å²) in [5, 5.41) is 0.821. The predicted octanol–water partition coefficient (Wildman–Crippen LogP) is 0.849. The van der Waals surface area contributed by atoms with Crippen molar-refractivity contribution >= 4 is 33.7 Å². The highest BCUT2D eigenvalue weighted by molar-refractivity contribution is 9.10. The van der Waals surface area contributed by atoms with Crippen LogP contribution in [0.4, 0.5) is 0 Å². The molecule has 110 valence electrons. The SMILES string of the molecule is O=C(NN1C(=O)[C@@H]2[C@@H](C1=O)[C@@H]1CC[C@@H]2O1)c1ccc(Br)o1. The third-order valence-electron chi connectivity index (χ3n) is 4.29. The average Bonchev–Trinajstić information content (AvgIpc) is 3.19. The van der Waals surface area contributed by atoms with E-state index < -0.39 is 29.6 Å². The zero-order chi connectivity index (χ0) is 14.7. The van der Waals surface area contributed by atoms with E-state index >= 15 is 0 Å². The minimum absolute atomic E-state index is 0.0266. The van der Waals surface area contributed by atoms with Gasteiger partial charge in [-0.05, 0) is 40.9 Å². The number of imide groups is 1. The Hall–Kier alpha value is -1.67. The molecule has 7 nitrogen and oxygen atoms in total. The Labute approximate surface area is 127 Å². The molecule has 3 amide bonds. The van der Waals surface area contributed by atoms with Gasteiger partial charge in [-0.1, -0.05) is 0 Å². The van der Waals surface area contributed by atoms with Crippen LogP contribution in [0.5, 0.6) is 0 Å². The van der Waals surface area contributed by atoms with Gasteiger partial charge in [-0.3, -0.25) is 19.8 Å². The van der Waals surface area contributed by atoms with Crippen molar-refractivity contribution in [1.29, 1.82) is 0 Å². The van der Waals surface area contributed by atoms with Crippen LogP contribution in [0.15, 0.2) is 21.2 Å². The quantitative estimate of drug-likeness (QED) is 0.795. The van der Waals surface area contributed by atoms with Gasteiger partial charge in [0.1, 0.15) is 0 Å². The third-order valence-corrected chi connectivity index (χ3v) is 4.72. The number of furan rings is 1. The smallest absolute Gasteiger partial charge is 0.306 e. The Bertz CT molecular complexity index is 629. The summed E-state index contributed by atoms with van der Waals surface area (Å²) in [7, 11) is 0. The van der Waals surface area contributed by atoms with Gasteiger partial charge < -0.3 is 9.15 Å².